The van der Waals surface area contributed by atoms with Gasteiger partial charge in [-0.3, -0.25) is 0 Å². The first kappa shape index (κ1) is 67.9. The van der Waals surface area contributed by atoms with Gasteiger partial charge in [-0.2, -0.15) is 0 Å². The van der Waals surface area contributed by atoms with Gasteiger partial charge in [0.15, 0.2) is 0 Å². The smallest absolute Gasteiger partial charge is 0.213 e. The minimum Gasteiger partial charge on any atom is -0.455 e. The van der Waals surface area contributed by atoms with Crippen LogP contribution in [0.25, 0.3) is 0 Å². The molecular formula is C70H69Br2N3O6P8S2. The van der Waals surface area contributed by atoms with Crippen molar-refractivity contribution in [1.82, 2.24) is 0 Å². The number of anilines is 8. The minimum atomic E-state index is -3.84. The summed E-state index contributed by atoms with van der Waals surface area (Å²) < 4.78 is 66.8. The Balaban J connectivity index is 0.000000160. The van der Waals surface area contributed by atoms with E-state index in [-0.39, 0.29) is 64.2 Å². The van der Waals surface area contributed by atoms with E-state index >= 15 is 0 Å². The summed E-state index contributed by atoms with van der Waals surface area (Å²) in [4.78, 5) is 5.14. The van der Waals surface area contributed by atoms with E-state index < -0.39 is 19.7 Å². The minimum absolute atomic E-state index is 0. The van der Waals surface area contributed by atoms with Crippen LogP contribution in [0.15, 0.2) is 247 Å². The lowest BCUT2D eigenvalue weighted by Crippen LogP contribution is -2.30. The summed E-state index contributed by atoms with van der Waals surface area (Å²) in [5.41, 5.74) is 15.6. The highest BCUT2D eigenvalue weighted by Crippen LogP contribution is 3.00. The van der Waals surface area contributed by atoms with Crippen molar-refractivity contribution in [2.45, 2.75) is 84.8 Å². The van der Waals surface area contributed by atoms with Gasteiger partial charge in [-0.1, -0.05) is 190 Å². The highest BCUT2D eigenvalue weighted by Gasteiger charge is 2.41. The molecule has 0 bridgehead atoms. The van der Waals surface area contributed by atoms with Crippen molar-refractivity contribution in [3.05, 3.63) is 261 Å². The number of ether oxygens (including phenoxy) is 2. The van der Waals surface area contributed by atoms with Gasteiger partial charge < -0.3 is 24.6 Å². The maximum Gasteiger partial charge on any atom is 0.213 e. The van der Waals surface area contributed by atoms with Crippen LogP contribution >= 0.6 is 97.5 Å². The quantitative estimate of drug-likeness (QED) is 0.173. The van der Waals surface area contributed by atoms with Crippen LogP contribution in [-0.4, -0.2) is 16.8 Å². The lowest BCUT2D eigenvalue weighted by atomic mass is 9.73. The third kappa shape index (κ3) is 12.6. The second-order valence-corrected chi connectivity index (χ2v) is 57.3. The van der Waals surface area contributed by atoms with Gasteiger partial charge in [-0.25, -0.2) is 16.8 Å². The molecule has 21 heteroatoms. The molecule has 5 unspecified atom stereocenters. The van der Waals surface area contributed by atoms with Crippen LogP contribution in [0.2, 0.25) is 0 Å². The van der Waals surface area contributed by atoms with E-state index in [1.54, 1.807) is 48.5 Å². The predicted molar refractivity (Wildman–Crippen MR) is 410 cm³/mol. The fourth-order valence-corrected chi connectivity index (χ4v) is 45.0. The molecule has 0 amide bonds. The summed E-state index contributed by atoms with van der Waals surface area (Å²) in [7, 11) is 7.06. The van der Waals surface area contributed by atoms with Crippen molar-refractivity contribution in [2.75, 3.05) is 15.1 Å². The Morgan fingerprint density at radius 3 is 0.945 bits per heavy atom. The third-order valence-electron chi connectivity index (χ3n) is 17.0. The SMILES string of the molecule is C.CC1(C)c2ccccc2N(c2ccc3c(c2)Oc2cc(N4c5ccccc5C(C)(C)c5ccccc54)ccc2S3(=O)=O)c2ccccc21.CC1(C)c2ccccc2Nc2ccccc21.O=S1(=O)c2ccc(Br)cc2Oc2cc(Br)ccc21.PP(P)P(P)P(P)P. The van der Waals surface area contributed by atoms with Crippen molar-refractivity contribution in [2.24, 2.45) is 0 Å². The average Bonchev–Trinajstić information content (AvgIpc) is 0.744. The van der Waals surface area contributed by atoms with Gasteiger partial charge in [0, 0.05) is 60.1 Å². The third-order valence-corrected chi connectivity index (χ3v) is 59.5. The van der Waals surface area contributed by atoms with Gasteiger partial charge in [0.1, 0.15) is 42.6 Å². The van der Waals surface area contributed by atoms with E-state index in [0.29, 0.717) is 23.0 Å². The number of fused-ring (bicyclic) bond motifs is 10. The van der Waals surface area contributed by atoms with Crippen LogP contribution in [-0.2, 0) is 35.9 Å². The molecule has 5 aliphatic heterocycles. The molecule has 9 nitrogen and oxygen atoms in total. The number of sulfone groups is 2. The molecular weight excluding hydrogens is 1450 g/mol. The Hall–Kier alpha value is -4.50. The number of hydrogen-bond acceptors (Lipinski definition) is 9. The first-order valence-electron chi connectivity index (χ1n) is 28.6. The van der Waals surface area contributed by atoms with Crippen LogP contribution in [0.3, 0.4) is 0 Å². The lowest BCUT2D eigenvalue weighted by Gasteiger charge is -2.42. The van der Waals surface area contributed by atoms with Gasteiger partial charge in [-0.15, -0.1) is 44.6 Å². The number of para-hydroxylation sites is 6. The van der Waals surface area contributed by atoms with E-state index in [1.165, 1.54) is 44.8 Å². The van der Waals surface area contributed by atoms with Crippen LogP contribution in [0.4, 0.5) is 45.5 Å². The van der Waals surface area contributed by atoms with Crippen molar-refractivity contribution in [1.29, 1.82) is 0 Å². The Kier molecular flexibility index (Phi) is 19.8. The normalized spacial score (nSPS) is 15.9. The highest BCUT2D eigenvalue weighted by atomic mass is 79.9. The van der Waals surface area contributed by atoms with Crippen LogP contribution in [0.5, 0.6) is 23.0 Å². The Labute approximate surface area is 567 Å². The zero-order chi connectivity index (χ0) is 63.8. The van der Waals surface area contributed by atoms with Crippen molar-refractivity contribution in [3.8, 4) is 23.0 Å². The molecule has 10 aromatic carbocycles. The van der Waals surface area contributed by atoms with Gasteiger partial charge in [0.05, 0.1) is 22.7 Å². The first-order chi connectivity index (χ1) is 42.8. The summed E-state index contributed by atoms with van der Waals surface area (Å²) in [6.45, 7) is 14.1. The number of hydrogen-bond donors (Lipinski definition) is 1. The number of halogens is 2. The summed E-state index contributed by atoms with van der Waals surface area (Å²) in [6, 6.07) is 71.4. The lowest BCUT2D eigenvalue weighted by molar-refractivity contribution is 0.442. The van der Waals surface area contributed by atoms with Gasteiger partial charge in [-0.05, 0) is 151 Å². The molecule has 0 saturated carbocycles. The molecule has 0 aromatic heterocycles. The van der Waals surface area contributed by atoms with E-state index in [9.17, 15) is 16.8 Å². The van der Waals surface area contributed by atoms with Gasteiger partial charge in [0.2, 0.25) is 19.7 Å². The topological polar surface area (TPSA) is 105 Å². The van der Waals surface area contributed by atoms with Crippen molar-refractivity contribution < 1.29 is 26.3 Å². The average molecular weight is 1520 g/mol. The fourth-order valence-electron chi connectivity index (χ4n) is 12.5. The highest BCUT2D eigenvalue weighted by molar-refractivity contribution is 9.11. The van der Waals surface area contributed by atoms with Gasteiger partial charge >= 0.3 is 0 Å². The summed E-state index contributed by atoms with van der Waals surface area (Å²) in [5.74, 6) is 1.32. The van der Waals surface area contributed by atoms with Crippen molar-refractivity contribution >= 4 is 163 Å². The van der Waals surface area contributed by atoms with E-state index in [4.69, 9.17) is 9.47 Å². The van der Waals surface area contributed by atoms with Crippen molar-refractivity contribution in [3.63, 3.8) is 0 Å². The summed E-state index contributed by atoms with van der Waals surface area (Å²) >= 11 is 6.60. The molecule has 0 saturated heterocycles. The molecule has 0 aliphatic carbocycles. The van der Waals surface area contributed by atoms with Crippen LogP contribution in [0.1, 0.15) is 82.3 Å². The standard InChI is InChI=1S/C42H34N2O3S.C15H15N.C12H6Br2O3S.CH4.H10P8/c1-41(2)29-13-5-9-17-33(29)43(34-18-10-6-14-30(34)41)27-21-23-39-37(25-27)47-38-26-28(22-24-40(38)48(39,45)46)44-35-19-11-7-15-31(35)42(3,4)32-16-8-12-20-36(32)44;1-15(2)11-7-3-5-9-13(11)16-14-10-6-4-8-12(14)15;13-7-1-3-11-9(5-7)17-10-6-8(14)2-4-12(10)18(11,15)16;;1-6(2)8(5)7(3)4/h5-26H,1-4H3;3-10,16H,1-2H3;1-6H;1H4;1-5H2. The molecule has 5 heterocycles. The van der Waals surface area contributed by atoms with E-state index in [0.717, 1.165) is 43.1 Å². The fraction of sp³-hybridized carbons (Fsp3) is 0.143. The molecule has 15 rings (SSSR count). The largest absolute Gasteiger partial charge is 0.455 e. The first-order valence-corrected chi connectivity index (χ1v) is 46.7. The van der Waals surface area contributed by atoms with E-state index in [2.05, 4.69) is 254 Å². The summed E-state index contributed by atoms with van der Waals surface area (Å²) in [6.07, 6.45) is 0. The maximum absolute atomic E-state index is 14.1. The van der Waals surface area contributed by atoms with Gasteiger partial charge in [0.25, 0.3) is 0 Å². The second-order valence-electron chi connectivity index (χ2n) is 23.6. The molecule has 5 aliphatic rings. The molecule has 5 atom stereocenters. The number of nitrogens with one attached hydrogen (secondary N) is 1. The van der Waals surface area contributed by atoms with E-state index in [1.807, 2.05) is 48.5 Å². The molecule has 0 radical (unpaired) electrons. The zero-order valence-corrected chi connectivity index (χ0v) is 63.2. The molecule has 0 fully saturated rings. The van der Waals surface area contributed by atoms with Crippen LogP contribution in [0, 0.1) is 0 Å². The molecule has 1 N–H and O–H groups in total. The molecule has 0 spiro atoms. The Bertz CT molecular complexity index is 4350. The maximum atomic E-state index is 14.1. The second kappa shape index (κ2) is 26.6. The summed E-state index contributed by atoms with van der Waals surface area (Å²) in [5, 5.41) is 3.50. The number of benzene rings is 10. The Morgan fingerprint density at radius 2 is 0.637 bits per heavy atom. The number of nitrogens with zero attached hydrogens (tertiary/aromatic N) is 2. The molecule has 91 heavy (non-hydrogen) atoms. The molecule has 10 aromatic rings. The monoisotopic (exact) mass is 1520 g/mol. The molecule has 466 valence electrons. The predicted octanol–water partition coefficient (Wildman–Crippen LogP) is 23.9. The van der Waals surface area contributed by atoms with Crippen LogP contribution < -0.4 is 24.6 Å². The Morgan fingerprint density at radius 1 is 0.374 bits per heavy atom. The number of rotatable bonds is 4. The zero-order valence-electron chi connectivity index (χ0n) is 49.9.